The van der Waals surface area contributed by atoms with Crippen LogP contribution in [0.25, 0.3) is 0 Å². The van der Waals surface area contributed by atoms with Gasteiger partial charge in [-0.05, 0) is 36.5 Å². The average molecular weight is 231 g/mol. The smallest absolute Gasteiger partial charge is 0.304 e. The number of hydrogen-bond donors (Lipinski definition) is 1. The Morgan fingerprint density at radius 1 is 1.47 bits per heavy atom. The lowest BCUT2D eigenvalue weighted by molar-refractivity contribution is -0.137. The van der Waals surface area contributed by atoms with Crippen molar-refractivity contribution in [2.24, 2.45) is 0 Å². The van der Waals surface area contributed by atoms with Gasteiger partial charge in [0.25, 0.3) is 0 Å². The van der Waals surface area contributed by atoms with Gasteiger partial charge in [-0.15, -0.1) is 0 Å². The molecule has 3 rings (SSSR count). The van der Waals surface area contributed by atoms with Crippen molar-refractivity contribution >= 4 is 11.7 Å². The van der Waals surface area contributed by atoms with Crippen molar-refractivity contribution in [2.45, 2.75) is 31.1 Å². The molecule has 1 aromatic rings. The Labute approximate surface area is 101 Å². The summed E-state index contributed by atoms with van der Waals surface area (Å²) in [6, 6.07) is 6.50. The van der Waals surface area contributed by atoms with Crippen LogP contribution in [0.4, 0.5) is 5.69 Å². The lowest BCUT2D eigenvalue weighted by Crippen LogP contribution is -2.14. The number of fused-ring (bicyclic) bond motifs is 1. The van der Waals surface area contributed by atoms with Gasteiger partial charge in [-0.3, -0.25) is 4.79 Å². The Balaban J connectivity index is 1.93. The second kappa shape index (κ2) is 3.49. The Bertz CT molecular complexity index is 477. The molecule has 1 N–H and O–H groups in total. The van der Waals surface area contributed by atoms with E-state index in [0.717, 1.165) is 25.8 Å². The van der Waals surface area contributed by atoms with E-state index in [1.807, 2.05) is 0 Å². The van der Waals surface area contributed by atoms with Crippen LogP contribution in [0.1, 0.15) is 30.4 Å². The van der Waals surface area contributed by atoms with E-state index in [9.17, 15) is 4.79 Å². The second-order valence-electron chi connectivity index (χ2n) is 5.37. The third-order valence-electron chi connectivity index (χ3n) is 4.16. The number of anilines is 1. The number of hydrogen-bond acceptors (Lipinski definition) is 2. The van der Waals surface area contributed by atoms with Crippen molar-refractivity contribution in [1.82, 2.24) is 0 Å². The first-order valence-corrected chi connectivity index (χ1v) is 6.17. The van der Waals surface area contributed by atoms with E-state index in [-0.39, 0.29) is 11.8 Å². The first kappa shape index (κ1) is 10.6. The number of benzene rings is 1. The normalized spacial score (nSPS) is 20.2. The molecule has 3 nitrogen and oxygen atoms in total. The zero-order chi connectivity index (χ0) is 12.0. The van der Waals surface area contributed by atoms with Gasteiger partial charge in [0.05, 0.1) is 6.42 Å². The predicted octanol–water partition coefficient (Wildman–Crippen LogP) is 2.19. The fraction of sp³-hybridized carbons (Fsp3) is 0.500. The van der Waals surface area contributed by atoms with E-state index in [0.29, 0.717) is 0 Å². The molecule has 1 saturated carbocycles. The zero-order valence-corrected chi connectivity index (χ0v) is 10.1. The van der Waals surface area contributed by atoms with Crippen LogP contribution in [0.15, 0.2) is 18.2 Å². The number of rotatable bonds is 3. The molecule has 1 heterocycles. The predicted molar refractivity (Wildman–Crippen MR) is 66.6 cm³/mol. The highest BCUT2D eigenvalue weighted by atomic mass is 16.4. The van der Waals surface area contributed by atoms with Gasteiger partial charge in [0.15, 0.2) is 0 Å². The minimum Gasteiger partial charge on any atom is -0.481 e. The number of carboxylic acid groups (broad SMARTS) is 1. The molecule has 0 saturated heterocycles. The largest absolute Gasteiger partial charge is 0.481 e. The molecule has 0 atom stereocenters. The third kappa shape index (κ3) is 1.70. The van der Waals surface area contributed by atoms with E-state index in [1.165, 1.54) is 16.8 Å². The first-order valence-electron chi connectivity index (χ1n) is 6.17. The number of carboxylic acids is 1. The topological polar surface area (TPSA) is 40.5 Å². The highest BCUT2D eigenvalue weighted by molar-refractivity contribution is 5.70. The molecule has 0 amide bonds. The number of nitrogens with zero attached hydrogens (tertiary/aromatic N) is 1. The van der Waals surface area contributed by atoms with E-state index in [2.05, 4.69) is 30.1 Å². The fourth-order valence-corrected chi connectivity index (χ4v) is 2.90. The van der Waals surface area contributed by atoms with Gasteiger partial charge in [0.2, 0.25) is 0 Å². The van der Waals surface area contributed by atoms with E-state index in [4.69, 9.17) is 5.11 Å². The number of aliphatic carboxylic acids is 1. The van der Waals surface area contributed by atoms with E-state index in [1.54, 1.807) is 0 Å². The van der Waals surface area contributed by atoms with Crippen molar-refractivity contribution in [1.29, 1.82) is 0 Å². The maximum atomic E-state index is 10.9. The molecule has 0 spiro atoms. The van der Waals surface area contributed by atoms with E-state index < -0.39 is 5.97 Å². The molecule has 3 heteroatoms. The monoisotopic (exact) mass is 231 g/mol. The molecule has 0 bridgehead atoms. The van der Waals surface area contributed by atoms with Gasteiger partial charge < -0.3 is 10.0 Å². The Morgan fingerprint density at radius 3 is 2.88 bits per heavy atom. The molecule has 1 aliphatic carbocycles. The summed E-state index contributed by atoms with van der Waals surface area (Å²) in [5, 5.41) is 8.98. The van der Waals surface area contributed by atoms with Crippen LogP contribution in [-0.4, -0.2) is 24.7 Å². The van der Waals surface area contributed by atoms with Crippen molar-refractivity contribution in [3.63, 3.8) is 0 Å². The highest BCUT2D eigenvalue weighted by Crippen LogP contribution is 2.51. The lowest BCUT2D eigenvalue weighted by atomic mass is 9.90. The molecule has 17 heavy (non-hydrogen) atoms. The molecule has 1 aliphatic heterocycles. The summed E-state index contributed by atoms with van der Waals surface area (Å²) in [6.07, 6.45) is 3.41. The molecule has 1 aromatic carbocycles. The number of likely N-dealkylation sites (N-methyl/N-ethyl adjacent to an activating group) is 1. The summed E-state index contributed by atoms with van der Waals surface area (Å²) in [6.45, 7) is 1.07. The number of carbonyl (C=O) groups is 1. The Hall–Kier alpha value is -1.51. The van der Waals surface area contributed by atoms with Gasteiger partial charge >= 0.3 is 5.97 Å². The van der Waals surface area contributed by atoms with Gasteiger partial charge in [-0.25, -0.2) is 0 Å². The van der Waals surface area contributed by atoms with Crippen LogP contribution in [-0.2, 0) is 16.6 Å². The minimum absolute atomic E-state index is 0.0535. The molecule has 1 fully saturated rings. The van der Waals surface area contributed by atoms with Gasteiger partial charge in [-0.1, -0.05) is 12.1 Å². The van der Waals surface area contributed by atoms with Crippen LogP contribution in [0.5, 0.6) is 0 Å². The van der Waals surface area contributed by atoms with Crippen molar-refractivity contribution < 1.29 is 9.90 Å². The third-order valence-corrected chi connectivity index (χ3v) is 4.16. The molecular formula is C14H17NO2. The minimum atomic E-state index is -0.680. The SMILES string of the molecule is CN1CCc2cc(C3(CC(=O)O)CC3)ccc21. The standard InChI is InChI=1S/C14H17NO2/c1-15-7-4-10-8-11(2-3-12(10)15)14(5-6-14)9-13(16)17/h2-3,8H,4-7,9H2,1H3,(H,16,17). The molecule has 0 radical (unpaired) electrons. The summed E-state index contributed by atoms with van der Waals surface area (Å²) >= 11 is 0. The summed E-state index contributed by atoms with van der Waals surface area (Å²) < 4.78 is 0. The van der Waals surface area contributed by atoms with Crippen LogP contribution in [0.2, 0.25) is 0 Å². The Kier molecular flexibility index (Phi) is 2.18. The molecule has 2 aliphatic rings. The average Bonchev–Trinajstić information content (AvgIpc) is 2.96. The molecule has 0 unspecified atom stereocenters. The quantitative estimate of drug-likeness (QED) is 0.866. The van der Waals surface area contributed by atoms with Crippen molar-refractivity contribution in [3.05, 3.63) is 29.3 Å². The van der Waals surface area contributed by atoms with Crippen LogP contribution < -0.4 is 4.90 Å². The first-order chi connectivity index (χ1) is 8.11. The van der Waals surface area contributed by atoms with Crippen LogP contribution >= 0.6 is 0 Å². The highest BCUT2D eigenvalue weighted by Gasteiger charge is 2.46. The second-order valence-corrected chi connectivity index (χ2v) is 5.37. The molecule has 90 valence electrons. The zero-order valence-electron chi connectivity index (χ0n) is 10.1. The summed E-state index contributed by atoms with van der Waals surface area (Å²) in [7, 11) is 2.11. The maximum absolute atomic E-state index is 10.9. The Morgan fingerprint density at radius 2 is 2.24 bits per heavy atom. The maximum Gasteiger partial charge on any atom is 0.304 e. The van der Waals surface area contributed by atoms with Gasteiger partial charge in [0, 0.05) is 24.7 Å². The fourth-order valence-electron chi connectivity index (χ4n) is 2.90. The molecular weight excluding hydrogens is 214 g/mol. The van der Waals surface area contributed by atoms with E-state index >= 15 is 0 Å². The van der Waals surface area contributed by atoms with Gasteiger partial charge in [0.1, 0.15) is 0 Å². The van der Waals surface area contributed by atoms with Gasteiger partial charge in [-0.2, -0.15) is 0 Å². The van der Waals surface area contributed by atoms with Crippen LogP contribution in [0, 0.1) is 0 Å². The summed E-state index contributed by atoms with van der Waals surface area (Å²) in [5.41, 5.74) is 3.86. The molecule has 0 aromatic heterocycles. The van der Waals surface area contributed by atoms with Crippen molar-refractivity contribution in [2.75, 3.05) is 18.5 Å². The van der Waals surface area contributed by atoms with Crippen molar-refractivity contribution in [3.8, 4) is 0 Å². The summed E-state index contributed by atoms with van der Waals surface area (Å²) in [4.78, 5) is 13.2. The van der Waals surface area contributed by atoms with Crippen LogP contribution in [0.3, 0.4) is 0 Å². The lowest BCUT2D eigenvalue weighted by Gasteiger charge is -2.16. The summed E-state index contributed by atoms with van der Waals surface area (Å²) in [5.74, 6) is -0.680.